The third kappa shape index (κ3) is 5.90. The van der Waals surface area contributed by atoms with Gasteiger partial charge in [-0.3, -0.25) is 0 Å². The summed E-state index contributed by atoms with van der Waals surface area (Å²) >= 11 is 0. The van der Waals surface area contributed by atoms with Crippen molar-refractivity contribution in [1.82, 2.24) is 0 Å². The monoisotopic (exact) mass is 738 g/mol. The lowest BCUT2D eigenvalue weighted by molar-refractivity contribution is -0.360. The highest BCUT2D eigenvalue weighted by atomic mass is 16.7. The van der Waals surface area contributed by atoms with Gasteiger partial charge in [-0.1, -0.05) is 32.4 Å². The Morgan fingerprint density at radius 2 is 1.56 bits per heavy atom. The van der Waals surface area contributed by atoms with Crippen LogP contribution >= 0.6 is 0 Å². The lowest BCUT2D eigenvalue weighted by Gasteiger charge is -2.58. The maximum absolute atomic E-state index is 11.1. The average Bonchev–Trinajstić information content (AvgIpc) is 3.58. The molecule has 4 aliphatic heterocycles. The van der Waals surface area contributed by atoms with E-state index in [1.54, 1.807) is 0 Å². The van der Waals surface area contributed by atoms with Gasteiger partial charge >= 0.3 is 0 Å². The van der Waals surface area contributed by atoms with Crippen LogP contribution in [0.2, 0.25) is 0 Å². The van der Waals surface area contributed by atoms with Crippen LogP contribution in [0.5, 0.6) is 0 Å². The quantitative estimate of drug-likeness (QED) is 0.193. The lowest BCUT2D eigenvalue weighted by atomic mass is 9.47. The molecule has 0 unspecified atom stereocenters. The van der Waals surface area contributed by atoms with Crippen LogP contribution in [0.3, 0.4) is 0 Å². The Morgan fingerprint density at radius 3 is 2.27 bits per heavy atom. The summed E-state index contributed by atoms with van der Waals surface area (Å²) < 4.78 is 37.0. The normalized spacial score (nSPS) is 57.5. The molecule has 7 N–H and O–H groups in total. The van der Waals surface area contributed by atoms with E-state index < -0.39 is 73.8 Å². The van der Waals surface area contributed by atoms with Gasteiger partial charge < -0.3 is 64.2 Å². The number of hydrogen-bond donors (Lipinski definition) is 7. The molecular weight excluding hydrogens is 676 g/mol. The van der Waals surface area contributed by atoms with E-state index in [-0.39, 0.29) is 35.6 Å². The molecule has 13 heteroatoms. The van der Waals surface area contributed by atoms with E-state index in [1.807, 2.05) is 0 Å². The van der Waals surface area contributed by atoms with Crippen LogP contribution in [-0.4, -0.2) is 135 Å². The summed E-state index contributed by atoms with van der Waals surface area (Å²) in [5.41, 5.74) is 1.65. The number of hydrogen-bond acceptors (Lipinski definition) is 13. The van der Waals surface area contributed by atoms with Crippen molar-refractivity contribution in [1.29, 1.82) is 0 Å². The first-order valence-electron chi connectivity index (χ1n) is 20.0. The van der Waals surface area contributed by atoms with Gasteiger partial charge in [0, 0.05) is 24.9 Å². The smallest absolute Gasteiger partial charge is 0.187 e. The summed E-state index contributed by atoms with van der Waals surface area (Å²) in [5.74, 6) is 2.24. The molecule has 0 aromatic rings. The molecule has 52 heavy (non-hydrogen) atoms. The van der Waals surface area contributed by atoms with Gasteiger partial charge in [0.25, 0.3) is 0 Å². The number of ether oxygens (including phenoxy) is 6. The molecule has 296 valence electrons. The summed E-state index contributed by atoms with van der Waals surface area (Å²) in [6.07, 6.45) is -2.29. The molecule has 1 spiro atoms. The standard InChI is InChI=1S/C39H62O13/c1-18-28-26(52-39(18)12-7-20(15-40)17-47-39)14-25-23-6-5-21-13-22(8-10-37(21,3)24(23)9-11-38(25,28)4)49-36-33(46)31(44)34(27(16-41)50-36)51-35-32(45)30(43)29(42)19(2)48-35/h5,18-20,22-36,40-46H,6-17H2,1-4H3/t18-,19-,20-,22-,23+,24-,25-,26-,27+,28-,29-,30+,31+,32+,33+,34+,35-,36+,37-,38-,39+/m0/s1. The van der Waals surface area contributed by atoms with Crippen molar-refractivity contribution in [2.75, 3.05) is 19.8 Å². The Balaban J connectivity index is 0.910. The van der Waals surface area contributed by atoms with E-state index in [0.717, 1.165) is 38.5 Å². The van der Waals surface area contributed by atoms with Crippen molar-refractivity contribution in [3.8, 4) is 0 Å². The van der Waals surface area contributed by atoms with Gasteiger partial charge in [0.2, 0.25) is 0 Å². The number of aliphatic hydroxyl groups is 7. The van der Waals surface area contributed by atoms with Crippen molar-refractivity contribution in [3.63, 3.8) is 0 Å². The van der Waals surface area contributed by atoms with E-state index in [0.29, 0.717) is 42.6 Å². The summed E-state index contributed by atoms with van der Waals surface area (Å²) in [4.78, 5) is 0. The van der Waals surface area contributed by atoms with Crippen LogP contribution in [0.15, 0.2) is 11.6 Å². The topological polar surface area (TPSA) is 197 Å². The second-order valence-corrected chi connectivity index (χ2v) is 18.2. The number of aliphatic hydroxyl groups excluding tert-OH is 7. The molecule has 0 bridgehead atoms. The number of rotatable bonds is 6. The van der Waals surface area contributed by atoms with Crippen molar-refractivity contribution in [2.45, 2.75) is 165 Å². The zero-order chi connectivity index (χ0) is 36.9. The molecule has 0 aromatic heterocycles. The summed E-state index contributed by atoms with van der Waals surface area (Å²) in [5, 5.41) is 72.8. The lowest BCUT2D eigenvalue weighted by Crippen LogP contribution is -2.64. The van der Waals surface area contributed by atoms with Crippen molar-refractivity contribution >= 4 is 0 Å². The van der Waals surface area contributed by atoms with Gasteiger partial charge in [-0.05, 0) is 92.8 Å². The SMILES string of the molecule is C[C@@H]1O[C@@H](O[C@H]2[C@H](O)[C@@H](O)[C@H](O[C@H]3CC[C@@]4(C)C(=CC[C@H]5[C@@H]6C[C@@H]7O[C@]8(CC[C@@H](CO)CO8)[C@@H](C)[C@@H]7[C@@]6(C)CC[C@@H]54)C3)O[C@@H]2CO)[C@H](O)[C@H](O)[C@H]1O. The Morgan fingerprint density at radius 1 is 0.808 bits per heavy atom. The van der Waals surface area contributed by atoms with Crippen LogP contribution in [0.4, 0.5) is 0 Å². The Labute approximate surface area is 306 Å². The molecule has 21 atom stereocenters. The van der Waals surface area contributed by atoms with Crippen LogP contribution in [0.1, 0.15) is 85.5 Å². The number of fused-ring (bicyclic) bond motifs is 7. The first-order chi connectivity index (χ1) is 24.7. The summed E-state index contributed by atoms with van der Waals surface area (Å²) in [7, 11) is 0. The minimum atomic E-state index is -1.61. The van der Waals surface area contributed by atoms with E-state index in [9.17, 15) is 35.7 Å². The molecule has 4 heterocycles. The second kappa shape index (κ2) is 14.0. The minimum Gasteiger partial charge on any atom is -0.396 e. The van der Waals surface area contributed by atoms with E-state index >= 15 is 0 Å². The van der Waals surface area contributed by atoms with Gasteiger partial charge in [0.15, 0.2) is 18.4 Å². The van der Waals surface area contributed by atoms with Crippen LogP contribution in [-0.2, 0) is 28.4 Å². The van der Waals surface area contributed by atoms with Gasteiger partial charge in [0.05, 0.1) is 31.5 Å². The highest BCUT2D eigenvalue weighted by molar-refractivity contribution is 5.26. The molecule has 4 saturated heterocycles. The highest BCUT2D eigenvalue weighted by Crippen LogP contribution is 2.70. The predicted octanol–water partition coefficient (Wildman–Crippen LogP) is 1.36. The molecular formula is C39H62O13. The van der Waals surface area contributed by atoms with E-state index in [2.05, 4.69) is 26.8 Å². The first kappa shape index (κ1) is 38.1. The molecule has 0 radical (unpaired) electrons. The fourth-order valence-electron chi connectivity index (χ4n) is 12.6. The number of allylic oxidation sites excluding steroid dienone is 1. The summed E-state index contributed by atoms with van der Waals surface area (Å²) in [6.45, 7) is 9.01. The molecule has 0 amide bonds. The van der Waals surface area contributed by atoms with Crippen molar-refractivity contribution in [2.24, 2.45) is 46.3 Å². The zero-order valence-corrected chi connectivity index (χ0v) is 31.0. The van der Waals surface area contributed by atoms with Crippen molar-refractivity contribution in [3.05, 3.63) is 11.6 Å². The van der Waals surface area contributed by atoms with Crippen LogP contribution < -0.4 is 0 Å². The first-order valence-corrected chi connectivity index (χ1v) is 20.0. The Bertz CT molecular complexity index is 1320. The fourth-order valence-corrected chi connectivity index (χ4v) is 12.6. The largest absolute Gasteiger partial charge is 0.396 e. The highest BCUT2D eigenvalue weighted by Gasteiger charge is 2.69. The molecule has 8 aliphatic rings. The summed E-state index contributed by atoms with van der Waals surface area (Å²) in [6, 6.07) is 0. The predicted molar refractivity (Wildman–Crippen MR) is 183 cm³/mol. The van der Waals surface area contributed by atoms with Gasteiger partial charge in [-0.2, -0.15) is 0 Å². The zero-order valence-electron chi connectivity index (χ0n) is 31.0. The van der Waals surface area contributed by atoms with E-state index in [1.165, 1.54) is 25.3 Å². The molecule has 13 nitrogen and oxygen atoms in total. The van der Waals surface area contributed by atoms with Gasteiger partial charge in [-0.15, -0.1) is 0 Å². The maximum atomic E-state index is 11.1. The third-order valence-corrected chi connectivity index (χ3v) is 15.7. The molecule has 8 rings (SSSR count). The van der Waals surface area contributed by atoms with E-state index in [4.69, 9.17) is 28.4 Å². The maximum Gasteiger partial charge on any atom is 0.187 e. The van der Waals surface area contributed by atoms with Gasteiger partial charge in [-0.25, -0.2) is 0 Å². The Kier molecular flexibility index (Phi) is 10.3. The minimum absolute atomic E-state index is 0.0511. The molecule has 7 fully saturated rings. The van der Waals surface area contributed by atoms with Gasteiger partial charge in [0.1, 0.15) is 42.7 Å². The van der Waals surface area contributed by atoms with Crippen molar-refractivity contribution < 1.29 is 64.2 Å². The third-order valence-electron chi connectivity index (χ3n) is 15.7. The average molecular weight is 739 g/mol. The second-order valence-electron chi connectivity index (χ2n) is 18.2. The fraction of sp³-hybridized carbons (Fsp3) is 0.949. The van der Waals surface area contributed by atoms with Crippen LogP contribution in [0, 0.1) is 46.3 Å². The molecule has 3 saturated carbocycles. The Hall–Kier alpha value is -0.780. The van der Waals surface area contributed by atoms with Crippen LogP contribution in [0.25, 0.3) is 0 Å². The molecule has 0 aromatic carbocycles. The molecule has 4 aliphatic carbocycles.